The van der Waals surface area contributed by atoms with Crippen LogP contribution in [0.5, 0.6) is 5.75 Å². The van der Waals surface area contributed by atoms with Crippen LogP contribution in [0.2, 0.25) is 0 Å². The van der Waals surface area contributed by atoms with E-state index in [-0.39, 0.29) is 0 Å². The van der Waals surface area contributed by atoms with Crippen molar-refractivity contribution in [2.75, 3.05) is 19.1 Å². The molecule has 0 radical (unpaired) electrons. The van der Waals surface area contributed by atoms with Crippen molar-refractivity contribution in [3.05, 3.63) is 52.1 Å². The lowest BCUT2D eigenvalue weighted by Gasteiger charge is -2.21. The maximum absolute atomic E-state index is 11.5. The zero-order chi connectivity index (χ0) is 15.4. The van der Waals surface area contributed by atoms with Crippen molar-refractivity contribution in [1.82, 2.24) is 4.98 Å². The van der Waals surface area contributed by atoms with Crippen molar-refractivity contribution < 1.29 is 9.53 Å². The Morgan fingerprint density at radius 3 is 2.86 bits per heavy atom. The number of aromatic nitrogens is 1. The van der Waals surface area contributed by atoms with Crippen LogP contribution in [0.3, 0.4) is 0 Å². The first-order valence-electron chi connectivity index (χ1n) is 6.31. The van der Waals surface area contributed by atoms with Crippen LogP contribution < -0.4 is 15.4 Å². The number of halogens is 1. The van der Waals surface area contributed by atoms with E-state index in [0.29, 0.717) is 17.9 Å². The zero-order valence-electron chi connectivity index (χ0n) is 11.8. The monoisotopic (exact) mass is 349 g/mol. The van der Waals surface area contributed by atoms with Crippen molar-refractivity contribution in [2.24, 2.45) is 5.73 Å². The molecule has 0 aliphatic rings. The normalized spacial score (nSPS) is 10.2. The number of amides is 1. The highest BCUT2D eigenvalue weighted by molar-refractivity contribution is 9.10. The molecule has 0 aliphatic carbocycles. The van der Waals surface area contributed by atoms with Crippen LogP contribution in [0.4, 0.5) is 5.82 Å². The molecule has 6 heteroatoms. The third kappa shape index (κ3) is 3.52. The van der Waals surface area contributed by atoms with E-state index >= 15 is 0 Å². The van der Waals surface area contributed by atoms with Crippen LogP contribution in [0.25, 0.3) is 0 Å². The number of rotatable bonds is 5. The smallest absolute Gasteiger partial charge is 0.252 e. The van der Waals surface area contributed by atoms with Gasteiger partial charge in [0.25, 0.3) is 5.91 Å². The zero-order valence-corrected chi connectivity index (χ0v) is 13.4. The Morgan fingerprint density at radius 1 is 1.43 bits per heavy atom. The molecule has 21 heavy (non-hydrogen) atoms. The van der Waals surface area contributed by atoms with Gasteiger partial charge in [0.1, 0.15) is 11.6 Å². The molecule has 1 heterocycles. The third-order valence-electron chi connectivity index (χ3n) is 3.06. The summed E-state index contributed by atoms with van der Waals surface area (Å²) in [6.07, 6.45) is 1.64. The molecule has 2 rings (SSSR count). The highest BCUT2D eigenvalue weighted by Gasteiger charge is 2.15. The summed E-state index contributed by atoms with van der Waals surface area (Å²) in [6, 6.07) is 9.14. The number of methoxy groups -OCH3 is 1. The SMILES string of the molecule is COc1ccc(Br)cc1CN(C)c1ncccc1C(N)=O. The van der Waals surface area contributed by atoms with Gasteiger partial charge in [-0.15, -0.1) is 0 Å². The fraction of sp³-hybridized carbons (Fsp3) is 0.200. The molecular formula is C15H16BrN3O2. The minimum atomic E-state index is -0.494. The van der Waals surface area contributed by atoms with Crippen molar-refractivity contribution >= 4 is 27.7 Å². The molecule has 0 saturated heterocycles. The Hall–Kier alpha value is -2.08. The van der Waals surface area contributed by atoms with E-state index in [1.165, 1.54) is 0 Å². The molecule has 1 aromatic heterocycles. The van der Waals surface area contributed by atoms with Crippen LogP contribution in [0, 0.1) is 0 Å². The van der Waals surface area contributed by atoms with Gasteiger partial charge >= 0.3 is 0 Å². The first kappa shape index (κ1) is 15.3. The number of anilines is 1. The summed E-state index contributed by atoms with van der Waals surface area (Å²) in [4.78, 5) is 17.6. The number of primary amides is 1. The summed E-state index contributed by atoms with van der Waals surface area (Å²) in [5.41, 5.74) is 6.77. The predicted octanol–water partition coefficient (Wildman–Crippen LogP) is 2.59. The van der Waals surface area contributed by atoms with E-state index in [4.69, 9.17) is 10.5 Å². The number of carbonyl (C=O) groups excluding carboxylic acids is 1. The summed E-state index contributed by atoms with van der Waals surface area (Å²) in [7, 11) is 3.48. The average Bonchev–Trinajstić information content (AvgIpc) is 2.47. The highest BCUT2D eigenvalue weighted by atomic mass is 79.9. The van der Waals surface area contributed by atoms with Crippen LogP contribution in [-0.4, -0.2) is 25.0 Å². The van der Waals surface area contributed by atoms with Crippen LogP contribution >= 0.6 is 15.9 Å². The molecule has 110 valence electrons. The number of nitrogens with two attached hydrogens (primary N) is 1. The van der Waals surface area contributed by atoms with Gasteiger partial charge in [-0.2, -0.15) is 0 Å². The second kappa shape index (κ2) is 6.58. The van der Waals surface area contributed by atoms with Crippen molar-refractivity contribution in [2.45, 2.75) is 6.54 Å². The Balaban J connectivity index is 2.32. The fourth-order valence-electron chi connectivity index (χ4n) is 2.09. The molecule has 2 aromatic rings. The topological polar surface area (TPSA) is 68.4 Å². The van der Waals surface area contributed by atoms with Gasteiger partial charge in [0.05, 0.1) is 12.7 Å². The number of benzene rings is 1. The van der Waals surface area contributed by atoms with Gasteiger partial charge < -0.3 is 15.4 Å². The van der Waals surface area contributed by atoms with E-state index in [2.05, 4.69) is 20.9 Å². The van der Waals surface area contributed by atoms with Gasteiger partial charge in [0, 0.05) is 29.8 Å². The van der Waals surface area contributed by atoms with Crippen molar-refractivity contribution in [3.63, 3.8) is 0 Å². The quantitative estimate of drug-likeness (QED) is 0.900. The summed E-state index contributed by atoms with van der Waals surface area (Å²) >= 11 is 3.45. The predicted molar refractivity (Wildman–Crippen MR) is 85.6 cm³/mol. The van der Waals surface area contributed by atoms with Gasteiger partial charge in [0.2, 0.25) is 0 Å². The first-order valence-corrected chi connectivity index (χ1v) is 7.10. The second-order valence-electron chi connectivity index (χ2n) is 4.55. The van der Waals surface area contributed by atoms with Gasteiger partial charge in [-0.3, -0.25) is 4.79 Å². The maximum atomic E-state index is 11.5. The lowest BCUT2D eigenvalue weighted by Crippen LogP contribution is -2.23. The molecule has 0 aliphatic heterocycles. The molecule has 0 saturated carbocycles. The number of ether oxygens (including phenoxy) is 1. The lowest BCUT2D eigenvalue weighted by molar-refractivity contribution is 0.100. The second-order valence-corrected chi connectivity index (χ2v) is 5.47. The molecule has 2 N–H and O–H groups in total. The molecule has 0 atom stereocenters. The Kier molecular flexibility index (Phi) is 4.80. The number of hydrogen-bond acceptors (Lipinski definition) is 4. The molecule has 0 bridgehead atoms. The van der Waals surface area contributed by atoms with Crippen LogP contribution in [-0.2, 0) is 6.54 Å². The van der Waals surface area contributed by atoms with Crippen LogP contribution in [0.1, 0.15) is 15.9 Å². The Bertz CT molecular complexity index is 661. The minimum absolute atomic E-state index is 0.397. The molecule has 0 unspecified atom stereocenters. The lowest BCUT2D eigenvalue weighted by atomic mass is 10.1. The van der Waals surface area contributed by atoms with E-state index in [1.807, 2.05) is 30.1 Å². The maximum Gasteiger partial charge on any atom is 0.252 e. The third-order valence-corrected chi connectivity index (χ3v) is 3.56. The highest BCUT2D eigenvalue weighted by Crippen LogP contribution is 2.26. The number of hydrogen-bond donors (Lipinski definition) is 1. The number of pyridine rings is 1. The van der Waals surface area contributed by atoms with Crippen molar-refractivity contribution in [1.29, 1.82) is 0 Å². The molecule has 5 nitrogen and oxygen atoms in total. The van der Waals surface area contributed by atoms with E-state index in [0.717, 1.165) is 15.8 Å². The molecule has 1 aromatic carbocycles. The van der Waals surface area contributed by atoms with Crippen LogP contribution in [0.15, 0.2) is 41.0 Å². The largest absolute Gasteiger partial charge is 0.496 e. The van der Waals surface area contributed by atoms with E-state index in [1.54, 1.807) is 25.4 Å². The Labute approximate surface area is 131 Å². The molecular weight excluding hydrogens is 334 g/mol. The summed E-state index contributed by atoms with van der Waals surface area (Å²) in [5.74, 6) is 0.833. The Morgan fingerprint density at radius 2 is 2.19 bits per heavy atom. The molecule has 0 spiro atoms. The standard InChI is InChI=1S/C15H16BrN3O2/c1-19(15-12(14(17)20)4-3-7-18-15)9-10-8-11(16)5-6-13(10)21-2/h3-8H,9H2,1-2H3,(H2,17,20). The number of carbonyl (C=O) groups is 1. The van der Waals surface area contributed by atoms with Gasteiger partial charge in [-0.25, -0.2) is 4.98 Å². The summed E-state index contributed by atoms with van der Waals surface area (Å²) in [6.45, 7) is 0.542. The van der Waals surface area contributed by atoms with E-state index in [9.17, 15) is 4.79 Å². The number of nitrogens with zero attached hydrogens (tertiary/aromatic N) is 2. The van der Waals surface area contributed by atoms with Gasteiger partial charge in [0.15, 0.2) is 0 Å². The van der Waals surface area contributed by atoms with Gasteiger partial charge in [-0.1, -0.05) is 15.9 Å². The molecule has 1 amide bonds. The first-order chi connectivity index (χ1) is 10.0. The van der Waals surface area contributed by atoms with Gasteiger partial charge in [-0.05, 0) is 30.3 Å². The molecule has 0 fully saturated rings. The van der Waals surface area contributed by atoms with Crippen molar-refractivity contribution in [3.8, 4) is 5.75 Å². The minimum Gasteiger partial charge on any atom is -0.496 e. The fourth-order valence-corrected chi connectivity index (χ4v) is 2.50. The summed E-state index contributed by atoms with van der Waals surface area (Å²) < 4.78 is 6.32. The average molecular weight is 350 g/mol. The van der Waals surface area contributed by atoms with E-state index < -0.39 is 5.91 Å². The summed E-state index contributed by atoms with van der Waals surface area (Å²) in [5, 5.41) is 0.